The van der Waals surface area contributed by atoms with Gasteiger partial charge in [-0.1, -0.05) is 29.8 Å². The van der Waals surface area contributed by atoms with Crippen molar-refractivity contribution in [3.8, 4) is 0 Å². The van der Waals surface area contributed by atoms with Crippen molar-refractivity contribution >= 4 is 33.7 Å². The van der Waals surface area contributed by atoms with Crippen molar-refractivity contribution in [3.05, 3.63) is 28.2 Å². The molecule has 1 atom stereocenters. The minimum absolute atomic E-state index is 0.378. The summed E-state index contributed by atoms with van der Waals surface area (Å²) in [6.45, 7) is 4.19. The number of thioether (sulfide) groups is 1. The first-order chi connectivity index (χ1) is 7.04. The highest BCUT2D eigenvalue weighted by Crippen LogP contribution is 2.30. The lowest BCUT2D eigenvalue weighted by Crippen LogP contribution is -2.01. The predicted molar refractivity (Wildman–Crippen MR) is 66.7 cm³/mol. The van der Waals surface area contributed by atoms with Gasteiger partial charge >= 0.3 is 5.97 Å². The summed E-state index contributed by atoms with van der Waals surface area (Å²) in [7, 11) is 0. The molecule has 1 aromatic carbocycles. The smallest absolute Gasteiger partial charge is 0.336 e. The van der Waals surface area contributed by atoms with Gasteiger partial charge in [-0.2, -0.15) is 0 Å². The van der Waals surface area contributed by atoms with Crippen LogP contribution in [0.4, 0.5) is 0 Å². The maximum absolute atomic E-state index is 11.0. The third-order valence-corrected chi connectivity index (χ3v) is 3.90. The zero-order valence-electron chi connectivity index (χ0n) is 8.66. The fraction of sp³-hybridized carbons (Fsp3) is 0.364. The maximum Gasteiger partial charge on any atom is 0.336 e. The highest BCUT2D eigenvalue weighted by Gasteiger charge is 2.12. The largest absolute Gasteiger partial charge is 0.478 e. The number of benzene rings is 1. The van der Waals surface area contributed by atoms with Gasteiger partial charge in [0, 0.05) is 14.6 Å². The van der Waals surface area contributed by atoms with Crippen LogP contribution in [0.1, 0.15) is 30.6 Å². The molecule has 1 N–H and O–H groups in total. The summed E-state index contributed by atoms with van der Waals surface area (Å²) >= 11 is 4.95. The molecule has 1 aromatic rings. The predicted octanol–water partition coefficient (Wildman–Crippen LogP) is 4.04. The van der Waals surface area contributed by atoms with E-state index in [9.17, 15) is 4.79 Å². The number of aromatic carboxylic acids is 1. The van der Waals surface area contributed by atoms with Gasteiger partial charge in [-0.25, -0.2) is 4.79 Å². The zero-order chi connectivity index (χ0) is 11.4. The van der Waals surface area contributed by atoms with Gasteiger partial charge < -0.3 is 5.11 Å². The standard InChI is InChI=1S/C11H13BrO2S/c1-3-7(2)15-10-6-8(12)4-5-9(10)11(13)14/h4-7H,3H2,1-2H3,(H,13,14). The molecule has 0 saturated carbocycles. The molecular weight excluding hydrogens is 276 g/mol. The Kier molecular flexibility index (Phi) is 4.67. The van der Waals surface area contributed by atoms with Gasteiger partial charge in [0.25, 0.3) is 0 Å². The van der Waals surface area contributed by atoms with Crippen molar-refractivity contribution in [1.29, 1.82) is 0 Å². The van der Waals surface area contributed by atoms with E-state index in [4.69, 9.17) is 5.11 Å². The molecule has 0 fully saturated rings. The summed E-state index contributed by atoms with van der Waals surface area (Å²) in [5.41, 5.74) is 0.378. The van der Waals surface area contributed by atoms with Crippen LogP contribution >= 0.6 is 27.7 Å². The number of carboxylic acids is 1. The van der Waals surface area contributed by atoms with Crippen molar-refractivity contribution in [2.24, 2.45) is 0 Å². The molecule has 0 amide bonds. The summed E-state index contributed by atoms with van der Waals surface area (Å²) in [4.78, 5) is 11.8. The first-order valence-electron chi connectivity index (χ1n) is 4.74. The molecule has 0 aliphatic carbocycles. The van der Waals surface area contributed by atoms with Crippen LogP contribution in [0.5, 0.6) is 0 Å². The third-order valence-electron chi connectivity index (χ3n) is 2.08. The quantitative estimate of drug-likeness (QED) is 0.850. The van der Waals surface area contributed by atoms with Gasteiger partial charge in [-0.15, -0.1) is 11.8 Å². The normalized spacial score (nSPS) is 12.5. The molecule has 0 aliphatic heterocycles. The van der Waals surface area contributed by atoms with E-state index in [0.29, 0.717) is 10.8 Å². The Morgan fingerprint density at radius 2 is 2.27 bits per heavy atom. The number of carboxylic acid groups (broad SMARTS) is 1. The van der Waals surface area contributed by atoms with E-state index in [1.165, 1.54) is 0 Å². The molecule has 0 radical (unpaired) electrons. The van der Waals surface area contributed by atoms with Crippen molar-refractivity contribution in [2.75, 3.05) is 0 Å². The summed E-state index contributed by atoms with van der Waals surface area (Å²) < 4.78 is 0.915. The lowest BCUT2D eigenvalue weighted by molar-refractivity contribution is 0.0693. The van der Waals surface area contributed by atoms with Crippen LogP contribution in [0.15, 0.2) is 27.6 Å². The molecule has 4 heteroatoms. The molecular formula is C11H13BrO2S. The Labute approximate surface area is 102 Å². The lowest BCUT2D eigenvalue weighted by Gasteiger charge is -2.10. The molecule has 0 aromatic heterocycles. The van der Waals surface area contributed by atoms with E-state index in [2.05, 4.69) is 29.8 Å². The lowest BCUT2D eigenvalue weighted by atomic mass is 10.2. The summed E-state index contributed by atoms with van der Waals surface area (Å²) in [5, 5.41) is 9.44. The van der Waals surface area contributed by atoms with Crippen LogP contribution in [-0.4, -0.2) is 16.3 Å². The molecule has 0 aliphatic rings. The molecule has 0 bridgehead atoms. The molecule has 0 heterocycles. The monoisotopic (exact) mass is 288 g/mol. The number of halogens is 1. The molecule has 15 heavy (non-hydrogen) atoms. The minimum Gasteiger partial charge on any atom is -0.478 e. The Hall–Kier alpha value is -0.480. The average Bonchev–Trinajstić information content (AvgIpc) is 2.17. The van der Waals surface area contributed by atoms with Crippen LogP contribution < -0.4 is 0 Å². The van der Waals surface area contributed by atoms with Crippen LogP contribution in [0, 0.1) is 0 Å². The fourth-order valence-electron chi connectivity index (χ4n) is 1.07. The molecule has 0 saturated heterocycles. The van der Waals surface area contributed by atoms with Gasteiger partial charge in [-0.05, 0) is 24.6 Å². The number of hydrogen-bond donors (Lipinski definition) is 1. The van der Waals surface area contributed by atoms with Crippen LogP contribution in [0.2, 0.25) is 0 Å². The third kappa shape index (κ3) is 3.54. The first kappa shape index (κ1) is 12.6. The minimum atomic E-state index is -0.867. The summed E-state index contributed by atoms with van der Waals surface area (Å²) in [6.07, 6.45) is 1.02. The van der Waals surface area contributed by atoms with E-state index in [0.717, 1.165) is 15.8 Å². The molecule has 0 spiro atoms. The second-order valence-corrected chi connectivity index (χ2v) is 5.68. The van der Waals surface area contributed by atoms with Gasteiger partial charge in [0.2, 0.25) is 0 Å². The zero-order valence-corrected chi connectivity index (χ0v) is 11.1. The van der Waals surface area contributed by atoms with Gasteiger partial charge in [0.15, 0.2) is 0 Å². The molecule has 1 rings (SSSR count). The second-order valence-electron chi connectivity index (χ2n) is 3.28. The Balaban J connectivity index is 3.02. The maximum atomic E-state index is 11.0. The summed E-state index contributed by atoms with van der Waals surface area (Å²) in [6, 6.07) is 5.25. The number of hydrogen-bond acceptors (Lipinski definition) is 2. The van der Waals surface area contributed by atoms with Crippen LogP contribution in [-0.2, 0) is 0 Å². The molecule has 1 unspecified atom stereocenters. The SMILES string of the molecule is CCC(C)Sc1cc(Br)ccc1C(=O)O. The average molecular weight is 289 g/mol. The van der Waals surface area contributed by atoms with E-state index < -0.39 is 5.97 Å². The van der Waals surface area contributed by atoms with Gasteiger partial charge in [0.05, 0.1) is 5.56 Å². The van der Waals surface area contributed by atoms with E-state index in [1.807, 2.05) is 6.07 Å². The molecule has 82 valence electrons. The second kappa shape index (κ2) is 5.56. The van der Waals surface area contributed by atoms with Crippen LogP contribution in [0.25, 0.3) is 0 Å². The van der Waals surface area contributed by atoms with Crippen molar-refractivity contribution < 1.29 is 9.90 Å². The highest BCUT2D eigenvalue weighted by molar-refractivity contribution is 9.10. The van der Waals surface area contributed by atoms with E-state index in [1.54, 1.807) is 23.9 Å². The first-order valence-corrected chi connectivity index (χ1v) is 6.41. The number of rotatable bonds is 4. The Bertz CT molecular complexity index is 366. The Morgan fingerprint density at radius 3 is 2.80 bits per heavy atom. The molecule has 2 nitrogen and oxygen atoms in total. The summed E-state index contributed by atoms with van der Waals surface area (Å²) in [5.74, 6) is -0.867. The van der Waals surface area contributed by atoms with Crippen molar-refractivity contribution in [1.82, 2.24) is 0 Å². The van der Waals surface area contributed by atoms with Gasteiger partial charge in [0.1, 0.15) is 0 Å². The van der Waals surface area contributed by atoms with Crippen molar-refractivity contribution in [3.63, 3.8) is 0 Å². The Morgan fingerprint density at radius 1 is 1.60 bits per heavy atom. The highest BCUT2D eigenvalue weighted by atomic mass is 79.9. The van der Waals surface area contributed by atoms with Gasteiger partial charge in [-0.3, -0.25) is 0 Å². The van der Waals surface area contributed by atoms with Crippen molar-refractivity contribution in [2.45, 2.75) is 30.4 Å². The van der Waals surface area contributed by atoms with Crippen LogP contribution in [0.3, 0.4) is 0 Å². The number of carbonyl (C=O) groups is 1. The van der Waals surface area contributed by atoms with E-state index >= 15 is 0 Å². The fourth-order valence-corrected chi connectivity index (χ4v) is 2.66. The van der Waals surface area contributed by atoms with E-state index in [-0.39, 0.29) is 0 Å². The topological polar surface area (TPSA) is 37.3 Å².